The van der Waals surface area contributed by atoms with Crippen molar-refractivity contribution < 1.29 is 4.79 Å². The van der Waals surface area contributed by atoms with Crippen LogP contribution in [0.5, 0.6) is 0 Å². The maximum Gasteiger partial charge on any atom is 0.263 e. The van der Waals surface area contributed by atoms with Crippen molar-refractivity contribution in [2.24, 2.45) is 23.7 Å². The molecule has 0 radical (unpaired) electrons. The molecule has 172 valence electrons. The number of aryl methyl sites for hydroxylation is 1. The Hall–Kier alpha value is -3.66. The van der Waals surface area contributed by atoms with Crippen LogP contribution >= 0.6 is 0 Å². The van der Waals surface area contributed by atoms with Gasteiger partial charge in [0, 0.05) is 31.8 Å². The number of hydrogen-bond acceptors (Lipinski definition) is 5. The maximum atomic E-state index is 12.9. The number of aliphatic imine (C=N–C) groups is 1. The fourth-order valence-corrected chi connectivity index (χ4v) is 4.36. The highest BCUT2D eigenvalue weighted by atomic mass is 16.2. The topological polar surface area (TPSA) is 100 Å². The number of carbonyl (C=O) groups excluding carboxylic acids is 1. The second kappa shape index (κ2) is 9.86. The molecule has 1 aromatic rings. The van der Waals surface area contributed by atoms with Crippen molar-refractivity contribution >= 4 is 11.9 Å². The molecule has 1 aromatic heterocycles. The third-order valence-electron chi connectivity index (χ3n) is 6.19. The number of allylic oxidation sites excluding steroid dienone is 9. The summed E-state index contributed by atoms with van der Waals surface area (Å²) in [6.07, 6.45) is 18.3. The molecular weight excluding hydrogens is 412 g/mol. The first-order valence-electron chi connectivity index (χ1n) is 11.3. The molecule has 2 N–H and O–H groups in total. The number of rotatable bonds is 3. The smallest absolute Gasteiger partial charge is 0.263 e. The number of carbonyl (C=O) groups is 1. The number of amides is 1. The van der Waals surface area contributed by atoms with Gasteiger partial charge < -0.3 is 5.73 Å². The van der Waals surface area contributed by atoms with Crippen molar-refractivity contribution in [2.45, 2.75) is 45.6 Å². The Morgan fingerprint density at radius 2 is 1.97 bits per heavy atom. The van der Waals surface area contributed by atoms with E-state index in [-0.39, 0.29) is 17.8 Å². The highest BCUT2D eigenvalue weighted by molar-refractivity contribution is 6.06. The van der Waals surface area contributed by atoms with Crippen LogP contribution in [0.15, 0.2) is 70.4 Å². The first-order valence-corrected chi connectivity index (χ1v) is 11.3. The second-order valence-electron chi connectivity index (χ2n) is 8.40. The van der Waals surface area contributed by atoms with Gasteiger partial charge in [0.2, 0.25) is 0 Å². The summed E-state index contributed by atoms with van der Waals surface area (Å²) in [5.41, 5.74) is 9.83. The van der Waals surface area contributed by atoms with Crippen molar-refractivity contribution in [2.75, 3.05) is 7.05 Å². The summed E-state index contributed by atoms with van der Waals surface area (Å²) in [5.74, 6) is 0.00804. The Bertz CT molecular complexity index is 1150. The van der Waals surface area contributed by atoms with Crippen LogP contribution in [0.3, 0.4) is 0 Å². The molecule has 0 fully saturated rings. The minimum absolute atomic E-state index is 0.00568. The van der Waals surface area contributed by atoms with E-state index in [1.54, 1.807) is 17.9 Å². The number of nitriles is 1. The standard InChI is InChI=1S/C24H26N6O.C2H6/c1-24(21-20(15-29(2)28-21)22(31)30(3)23(26)27-24)19-9-5-8-18(13-19)12-16-6-4-7-17(14-25)11-10-16;1-2/h4-9,11,15,19H,10,12-13H2,1-3H3,(H2,26,27);1-2H3. The van der Waals surface area contributed by atoms with Crippen molar-refractivity contribution in [3.05, 3.63) is 76.7 Å². The molecule has 3 aliphatic rings. The Morgan fingerprint density at radius 3 is 2.70 bits per heavy atom. The fraction of sp³-hybridized carbons (Fsp3) is 0.385. The molecule has 1 aliphatic heterocycles. The van der Waals surface area contributed by atoms with Crippen molar-refractivity contribution in [1.82, 2.24) is 14.7 Å². The van der Waals surface area contributed by atoms with Gasteiger partial charge >= 0.3 is 0 Å². The largest absolute Gasteiger partial charge is 0.369 e. The summed E-state index contributed by atoms with van der Waals surface area (Å²) >= 11 is 0. The second-order valence-corrected chi connectivity index (χ2v) is 8.40. The molecule has 33 heavy (non-hydrogen) atoms. The lowest BCUT2D eigenvalue weighted by Gasteiger charge is -2.33. The van der Waals surface area contributed by atoms with Crippen LogP contribution in [0.4, 0.5) is 0 Å². The van der Waals surface area contributed by atoms with Gasteiger partial charge in [-0.05, 0) is 32.3 Å². The Labute approximate surface area is 196 Å². The van der Waals surface area contributed by atoms with E-state index in [1.807, 2.05) is 46.0 Å². The van der Waals surface area contributed by atoms with Gasteiger partial charge in [-0.3, -0.25) is 14.4 Å². The molecule has 2 aliphatic carbocycles. The molecule has 2 atom stereocenters. The van der Waals surface area contributed by atoms with Gasteiger partial charge in [0.1, 0.15) is 11.2 Å². The van der Waals surface area contributed by atoms with Gasteiger partial charge in [-0.25, -0.2) is 4.99 Å². The van der Waals surface area contributed by atoms with E-state index in [4.69, 9.17) is 16.0 Å². The fourth-order valence-electron chi connectivity index (χ4n) is 4.36. The van der Waals surface area contributed by atoms with Crippen LogP contribution < -0.4 is 5.73 Å². The molecule has 0 bridgehead atoms. The van der Waals surface area contributed by atoms with Crippen LogP contribution in [0.25, 0.3) is 0 Å². The maximum absolute atomic E-state index is 12.9. The number of nitrogens with two attached hydrogens (primary N) is 1. The predicted octanol–water partition coefficient (Wildman–Crippen LogP) is 4.29. The van der Waals surface area contributed by atoms with E-state index in [0.29, 0.717) is 16.8 Å². The molecule has 2 heterocycles. The predicted molar refractivity (Wildman–Crippen MR) is 131 cm³/mol. The molecule has 0 spiro atoms. The minimum Gasteiger partial charge on any atom is -0.369 e. The van der Waals surface area contributed by atoms with Gasteiger partial charge in [-0.2, -0.15) is 10.4 Å². The summed E-state index contributed by atoms with van der Waals surface area (Å²) in [7, 11) is 3.45. The summed E-state index contributed by atoms with van der Waals surface area (Å²) < 4.78 is 1.66. The van der Waals surface area contributed by atoms with E-state index in [2.05, 4.69) is 35.5 Å². The van der Waals surface area contributed by atoms with Gasteiger partial charge in [-0.15, -0.1) is 0 Å². The van der Waals surface area contributed by atoms with E-state index in [9.17, 15) is 4.79 Å². The number of fused-ring (bicyclic) bond motifs is 1. The summed E-state index contributed by atoms with van der Waals surface area (Å²) in [6.45, 7) is 6.01. The van der Waals surface area contributed by atoms with E-state index in [1.165, 1.54) is 16.0 Å². The zero-order chi connectivity index (χ0) is 24.2. The number of aromatic nitrogens is 2. The highest BCUT2D eigenvalue weighted by Gasteiger charge is 2.44. The normalized spacial score (nSPS) is 24.2. The molecule has 0 aromatic carbocycles. The van der Waals surface area contributed by atoms with E-state index >= 15 is 0 Å². The minimum atomic E-state index is -0.761. The van der Waals surface area contributed by atoms with E-state index < -0.39 is 5.54 Å². The van der Waals surface area contributed by atoms with Crippen molar-refractivity contribution in [3.8, 4) is 6.07 Å². The number of hydrogen-bond donors (Lipinski definition) is 1. The van der Waals surface area contributed by atoms with Gasteiger partial charge in [0.15, 0.2) is 5.96 Å². The van der Waals surface area contributed by atoms with E-state index in [0.717, 1.165) is 19.3 Å². The third-order valence-corrected chi connectivity index (χ3v) is 6.19. The van der Waals surface area contributed by atoms with Gasteiger partial charge in [-0.1, -0.05) is 61.4 Å². The van der Waals surface area contributed by atoms with Crippen LogP contribution in [0.1, 0.15) is 56.1 Å². The van der Waals surface area contributed by atoms with Crippen LogP contribution in [0, 0.1) is 17.2 Å². The Morgan fingerprint density at radius 1 is 1.24 bits per heavy atom. The first kappa shape index (κ1) is 24.0. The molecule has 2 unspecified atom stereocenters. The lowest BCUT2D eigenvalue weighted by atomic mass is 9.75. The Kier molecular flexibility index (Phi) is 7.17. The quantitative estimate of drug-likeness (QED) is 0.751. The van der Waals surface area contributed by atoms with Crippen LogP contribution in [-0.4, -0.2) is 33.6 Å². The first-order chi connectivity index (χ1) is 15.8. The average Bonchev–Trinajstić information content (AvgIpc) is 3.05. The highest BCUT2D eigenvalue weighted by Crippen LogP contribution is 2.43. The number of nitrogens with zero attached hydrogens (tertiary/aromatic N) is 5. The molecule has 0 saturated heterocycles. The summed E-state index contributed by atoms with van der Waals surface area (Å²) in [4.78, 5) is 19.1. The molecular formula is C26H32N6O. The zero-order valence-electron chi connectivity index (χ0n) is 20.0. The summed E-state index contributed by atoms with van der Waals surface area (Å²) in [5, 5.41) is 13.7. The lowest BCUT2D eigenvalue weighted by Crippen LogP contribution is -2.39. The monoisotopic (exact) mass is 444 g/mol. The van der Waals surface area contributed by atoms with Gasteiger partial charge in [0.25, 0.3) is 5.91 Å². The van der Waals surface area contributed by atoms with Crippen LogP contribution in [0.2, 0.25) is 0 Å². The summed E-state index contributed by atoms with van der Waals surface area (Å²) in [6, 6.07) is 2.20. The number of guanidine groups is 1. The van der Waals surface area contributed by atoms with Crippen molar-refractivity contribution in [3.63, 3.8) is 0 Å². The van der Waals surface area contributed by atoms with Gasteiger partial charge in [0.05, 0.1) is 11.6 Å². The third kappa shape index (κ3) is 4.75. The molecule has 7 heteroatoms. The molecule has 0 saturated carbocycles. The molecule has 4 rings (SSSR count). The average molecular weight is 445 g/mol. The van der Waals surface area contributed by atoms with Crippen LogP contribution in [-0.2, 0) is 12.6 Å². The van der Waals surface area contributed by atoms with Crippen molar-refractivity contribution in [1.29, 1.82) is 5.26 Å². The lowest BCUT2D eigenvalue weighted by molar-refractivity contribution is 0.0870. The SMILES string of the molecule is CC.CN1C(=O)c2cn(C)nc2C(C)(C2C=CC=C(CC3=CC=CC(C#N)=CC3)C2)N=C1N. The Balaban J connectivity index is 0.00000149. The molecule has 7 nitrogen and oxygen atoms in total. The molecule has 1 amide bonds. The zero-order valence-corrected chi connectivity index (χ0v) is 20.0.